The normalized spacial score (nSPS) is 20.4. The summed E-state index contributed by atoms with van der Waals surface area (Å²) < 4.78 is 0. The van der Waals surface area contributed by atoms with Crippen molar-refractivity contribution in [1.29, 1.82) is 0 Å². The molecule has 0 unspecified atom stereocenters. The van der Waals surface area contributed by atoms with E-state index < -0.39 is 0 Å². The van der Waals surface area contributed by atoms with Gasteiger partial charge in [-0.2, -0.15) is 0 Å². The van der Waals surface area contributed by atoms with Crippen molar-refractivity contribution in [3.63, 3.8) is 0 Å². The van der Waals surface area contributed by atoms with Gasteiger partial charge in [-0.3, -0.25) is 4.99 Å². The van der Waals surface area contributed by atoms with Gasteiger partial charge in [0.2, 0.25) is 0 Å². The second kappa shape index (κ2) is 4.80. The Morgan fingerprint density at radius 1 is 1.11 bits per heavy atom. The molecule has 0 N–H and O–H groups in total. The Morgan fingerprint density at radius 2 is 1.67 bits per heavy atom. The van der Waals surface area contributed by atoms with E-state index in [2.05, 4.69) is 11.7 Å². The van der Waals surface area contributed by atoms with Gasteiger partial charge >= 0.3 is 0 Å². The van der Waals surface area contributed by atoms with Crippen LogP contribution in [-0.4, -0.2) is 12.8 Å². The maximum Gasteiger partial charge on any atom is 0.0492 e. The van der Waals surface area contributed by atoms with Crippen molar-refractivity contribution in [1.82, 2.24) is 0 Å². The van der Waals surface area contributed by atoms with E-state index in [1.54, 1.807) is 0 Å². The van der Waals surface area contributed by atoms with Gasteiger partial charge in [-0.05, 0) is 19.6 Å². The number of hydrogen-bond donors (Lipinski definition) is 0. The molecule has 1 aliphatic carbocycles. The summed E-state index contributed by atoms with van der Waals surface area (Å²) in [6.45, 7) is 3.53. The molecule has 0 heterocycles. The van der Waals surface area contributed by atoms with Crippen LogP contribution in [0.1, 0.15) is 32.1 Å². The van der Waals surface area contributed by atoms with Crippen LogP contribution in [0.2, 0.25) is 0 Å². The molecule has 9 heavy (non-hydrogen) atoms. The van der Waals surface area contributed by atoms with Crippen LogP contribution in [0.3, 0.4) is 0 Å². The average molecular weight is 148 g/mol. The van der Waals surface area contributed by atoms with Crippen molar-refractivity contribution in [3.8, 4) is 0 Å². The monoisotopic (exact) mass is 147 g/mol. The average Bonchev–Trinajstić information content (AvgIpc) is 1.90. The highest BCUT2D eigenvalue weighted by molar-refractivity contribution is 5.85. The lowest BCUT2D eigenvalue weighted by molar-refractivity contribution is 0.445. The van der Waals surface area contributed by atoms with Crippen LogP contribution in [-0.2, 0) is 0 Å². The summed E-state index contributed by atoms with van der Waals surface area (Å²) in [6, 6.07) is 0.601. The van der Waals surface area contributed by atoms with Gasteiger partial charge in [0.15, 0.2) is 0 Å². The van der Waals surface area contributed by atoms with E-state index in [1.165, 1.54) is 32.1 Å². The maximum atomic E-state index is 4.00. The predicted octanol–water partition coefficient (Wildman–Crippen LogP) is 2.44. The summed E-state index contributed by atoms with van der Waals surface area (Å²) in [7, 11) is 0. The first-order chi connectivity index (χ1) is 3.93. The zero-order chi connectivity index (χ0) is 5.82. The quantitative estimate of drug-likeness (QED) is 0.506. The number of rotatable bonds is 1. The Bertz CT molecular complexity index is 77.0. The molecule has 0 aliphatic heterocycles. The van der Waals surface area contributed by atoms with Crippen molar-refractivity contribution < 1.29 is 0 Å². The van der Waals surface area contributed by atoms with Crippen LogP contribution in [0.5, 0.6) is 0 Å². The SMILES string of the molecule is C=NC1CCCCC1.Cl. The number of nitrogens with zero attached hydrogens (tertiary/aromatic N) is 1. The van der Waals surface area contributed by atoms with Crippen molar-refractivity contribution in [2.45, 2.75) is 38.1 Å². The van der Waals surface area contributed by atoms with Crippen molar-refractivity contribution in [2.24, 2.45) is 4.99 Å². The van der Waals surface area contributed by atoms with E-state index in [4.69, 9.17) is 0 Å². The topological polar surface area (TPSA) is 12.4 Å². The molecule has 0 aromatic carbocycles. The van der Waals surface area contributed by atoms with Crippen LogP contribution in [0, 0.1) is 0 Å². The zero-order valence-electron chi connectivity index (χ0n) is 5.68. The van der Waals surface area contributed by atoms with Crippen molar-refractivity contribution >= 4 is 19.1 Å². The number of hydrogen-bond acceptors (Lipinski definition) is 1. The zero-order valence-corrected chi connectivity index (χ0v) is 6.49. The molecule has 1 nitrogen and oxygen atoms in total. The fourth-order valence-electron chi connectivity index (χ4n) is 1.26. The molecule has 0 atom stereocenters. The van der Waals surface area contributed by atoms with Gasteiger partial charge in [-0.15, -0.1) is 12.4 Å². The summed E-state index contributed by atoms with van der Waals surface area (Å²) in [5.74, 6) is 0. The molecule has 0 aromatic heterocycles. The number of aliphatic imine (C=N–C) groups is 1. The fourth-order valence-corrected chi connectivity index (χ4v) is 1.26. The molecule has 0 saturated heterocycles. The molecule has 2 heteroatoms. The first kappa shape index (κ1) is 8.96. The lowest BCUT2D eigenvalue weighted by Crippen LogP contribution is -2.08. The summed E-state index contributed by atoms with van der Waals surface area (Å²) in [5, 5.41) is 0. The minimum atomic E-state index is 0. The summed E-state index contributed by atoms with van der Waals surface area (Å²) in [4.78, 5) is 4.00. The molecule has 1 rings (SSSR count). The molecule has 1 aliphatic rings. The van der Waals surface area contributed by atoms with Crippen LogP contribution < -0.4 is 0 Å². The summed E-state index contributed by atoms with van der Waals surface area (Å²) >= 11 is 0. The molecule has 1 fully saturated rings. The molecule has 0 radical (unpaired) electrons. The van der Waals surface area contributed by atoms with Gasteiger partial charge in [0, 0.05) is 6.04 Å². The minimum Gasteiger partial charge on any atom is -0.298 e. The third-order valence-electron chi connectivity index (χ3n) is 1.83. The molecule has 0 amide bonds. The highest BCUT2D eigenvalue weighted by Crippen LogP contribution is 2.19. The lowest BCUT2D eigenvalue weighted by atomic mass is 9.96. The van der Waals surface area contributed by atoms with E-state index in [-0.39, 0.29) is 12.4 Å². The smallest absolute Gasteiger partial charge is 0.0492 e. The molecular formula is C7H14ClN. The second-order valence-electron chi connectivity index (χ2n) is 2.47. The van der Waals surface area contributed by atoms with E-state index >= 15 is 0 Å². The molecule has 0 bridgehead atoms. The van der Waals surface area contributed by atoms with Crippen molar-refractivity contribution in [3.05, 3.63) is 0 Å². The van der Waals surface area contributed by atoms with Gasteiger partial charge in [-0.1, -0.05) is 19.3 Å². The highest BCUT2D eigenvalue weighted by Gasteiger charge is 2.09. The Hall–Kier alpha value is -0.0400. The highest BCUT2D eigenvalue weighted by atomic mass is 35.5. The molecular weight excluding hydrogens is 134 g/mol. The molecule has 0 aromatic rings. The first-order valence-corrected chi connectivity index (χ1v) is 3.39. The number of halogens is 1. The van der Waals surface area contributed by atoms with Crippen LogP contribution in [0.15, 0.2) is 4.99 Å². The Labute approximate surface area is 63.0 Å². The van der Waals surface area contributed by atoms with Crippen LogP contribution >= 0.6 is 12.4 Å². The Balaban J connectivity index is 0.000000640. The van der Waals surface area contributed by atoms with Gasteiger partial charge in [0.25, 0.3) is 0 Å². The van der Waals surface area contributed by atoms with Gasteiger partial charge in [-0.25, -0.2) is 0 Å². The Kier molecular flexibility index (Phi) is 4.78. The molecule has 1 saturated carbocycles. The largest absolute Gasteiger partial charge is 0.298 e. The van der Waals surface area contributed by atoms with E-state index in [9.17, 15) is 0 Å². The van der Waals surface area contributed by atoms with Crippen LogP contribution in [0.4, 0.5) is 0 Å². The predicted molar refractivity (Wildman–Crippen MR) is 43.7 cm³/mol. The van der Waals surface area contributed by atoms with E-state index in [0.717, 1.165) is 0 Å². The third kappa shape index (κ3) is 2.85. The standard InChI is InChI=1S/C7H13N.ClH/c1-8-7-5-3-2-4-6-7;/h7H,1-6H2;1H. The van der Waals surface area contributed by atoms with Gasteiger partial charge < -0.3 is 0 Å². The summed E-state index contributed by atoms with van der Waals surface area (Å²) in [5.41, 5.74) is 0. The minimum absolute atomic E-state index is 0. The van der Waals surface area contributed by atoms with Crippen molar-refractivity contribution in [2.75, 3.05) is 0 Å². The molecule has 0 spiro atoms. The Morgan fingerprint density at radius 3 is 2.00 bits per heavy atom. The lowest BCUT2D eigenvalue weighted by Gasteiger charge is -2.15. The molecule has 54 valence electrons. The van der Waals surface area contributed by atoms with Gasteiger partial charge in [0.1, 0.15) is 0 Å². The fraction of sp³-hybridized carbons (Fsp3) is 0.857. The van der Waals surface area contributed by atoms with E-state index in [1.807, 2.05) is 0 Å². The second-order valence-corrected chi connectivity index (χ2v) is 2.47. The summed E-state index contributed by atoms with van der Waals surface area (Å²) in [6.07, 6.45) is 6.70. The van der Waals surface area contributed by atoms with Gasteiger partial charge in [0.05, 0.1) is 0 Å². The maximum absolute atomic E-state index is 4.00. The van der Waals surface area contributed by atoms with Crippen LogP contribution in [0.25, 0.3) is 0 Å². The van der Waals surface area contributed by atoms with E-state index in [0.29, 0.717) is 6.04 Å². The third-order valence-corrected chi connectivity index (χ3v) is 1.83. The first-order valence-electron chi connectivity index (χ1n) is 3.39.